The first-order chi connectivity index (χ1) is 12.7. The van der Waals surface area contributed by atoms with Crippen LogP contribution in [0.3, 0.4) is 0 Å². The second-order valence-corrected chi connectivity index (χ2v) is 6.92. The number of pyridine rings is 1. The standard InChI is InChI=1S/C21H28N4O.HI/c1-26-19-9-6-7-17(15-19)21(11-3-4-12-21)16-25-20(22)24-14-10-18-8-2-5-13-23-18;/h2,5-9,13,15H,3-4,10-12,14,16H2,1H3,(H3,22,24,25);1H. The zero-order valence-electron chi connectivity index (χ0n) is 15.9. The van der Waals surface area contributed by atoms with Gasteiger partial charge in [0.2, 0.25) is 0 Å². The lowest BCUT2D eigenvalue weighted by Gasteiger charge is -2.28. The van der Waals surface area contributed by atoms with Crippen molar-refractivity contribution in [2.45, 2.75) is 37.5 Å². The molecule has 6 heteroatoms. The predicted molar refractivity (Wildman–Crippen MR) is 121 cm³/mol. The minimum absolute atomic E-state index is 0. The maximum Gasteiger partial charge on any atom is 0.188 e. The van der Waals surface area contributed by atoms with Crippen LogP contribution in [0.4, 0.5) is 0 Å². The fourth-order valence-corrected chi connectivity index (χ4v) is 3.70. The number of aromatic nitrogens is 1. The van der Waals surface area contributed by atoms with Crippen LogP contribution in [0.2, 0.25) is 0 Å². The van der Waals surface area contributed by atoms with Crippen LogP contribution >= 0.6 is 24.0 Å². The minimum atomic E-state index is 0. The summed E-state index contributed by atoms with van der Waals surface area (Å²) in [4.78, 5) is 8.98. The Hall–Kier alpha value is -1.83. The Balaban J connectivity index is 0.00000261. The number of nitrogens with one attached hydrogen (secondary N) is 1. The van der Waals surface area contributed by atoms with Crippen LogP contribution in [-0.4, -0.2) is 31.1 Å². The first-order valence-electron chi connectivity index (χ1n) is 9.30. The molecule has 3 N–H and O–H groups in total. The summed E-state index contributed by atoms with van der Waals surface area (Å²) in [5.41, 5.74) is 8.53. The highest BCUT2D eigenvalue weighted by atomic mass is 127. The van der Waals surface area contributed by atoms with E-state index in [0.717, 1.165) is 37.3 Å². The predicted octanol–water partition coefficient (Wildman–Crippen LogP) is 3.67. The molecule has 1 aromatic heterocycles. The van der Waals surface area contributed by atoms with Crippen molar-refractivity contribution in [3.8, 4) is 5.75 Å². The molecule has 0 unspecified atom stereocenters. The molecule has 5 nitrogen and oxygen atoms in total. The van der Waals surface area contributed by atoms with Crippen LogP contribution in [0.1, 0.15) is 36.9 Å². The third-order valence-electron chi connectivity index (χ3n) is 5.21. The molecule has 146 valence electrons. The van der Waals surface area contributed by atoms with E-state index < -0.39 is 0 Å². The first kappa shape index (κ1) is 21.5. The number of nitrogens with zero attached hydrogens (tertiary/aromatic N) is 2. The molecule has 0 radical (unpaired) electrons. The largest absolute Gasteiger partial charge is 0.497 e. The molecule has 1 aromatic carbocycles. The van der Waals surface area contributed by atoms with Gasteiger partial charge in [0, 0.05) is 30.3 Å². The number of halogens is 1. The lowest BCUT2D eigenvalue weighted by molar-refractivity contribution is 0.408. The van der Waals surface area contributed by atoms with Crippen molar-refractivity contribution in [1.29, 1.82) is 0 Å². The molecule has 1 fully saturated rings. The third-order valence-corrected chi connectivity index (χ3v) is 5.21. The van der Waals surface area contributed by atoms with Crippen molar-refractivity contribution in [2.24, 2.45) is 10.7 Å². The number of nitrogens with two attached hydrogens (primary N) is 1. The molecule has 0 atom stereocenters. The van der Waals surface area contributed by atoms with Gasteiger partial charge in [-0.15, -0.1) is 24.0 Å². The molecule has 1 aliphatic carbocycles. The summed E-state index contributed by atoms with van der Waals surface area (Å²) in [6.45, 7) is 1.45. The van der Waals surface area contributed by atoms with Crippen LogP contribution in [0, 0.1) is 0 Å². The van der Waals surface area contributed by atoms with E-state index in [1.54, 1.807) is 7.11 Å². The van der Waals surface area contributed by atoms with Crippen LogP contribution < -0.4 is 15.8 Å². The Morgan fingerprint density at radius 3 is 2.74 bits per heavy atom. The van der Waals surface area contributed by atoms with Crippen molar-refractivity contribution in [1.82, 2.24) is 10.3 Å². The van der Waals surface area contributed by atoms with Gasteiger partial charge in [0.25, 0.3) is 0 Å². The quantitative estimate of drug-likeness (QED) is 0.361. The summed E-state index contributed by atoms with van der Waals surface area (Å²) in [7, 11) is 1.71. The molecule has 0 saturated heterocycles. The van der Waals surface area contributed by atoms with E-state index in [0.29, 0.717) is 12.5 Å². The van der Waals surface area contributed by atoms with Gasteiger partial charge in [-0.05, 0) is 42.7 Å². The van der Waals surface area contributed by atoms with Gasteiger partial charge in [0.15, 0.2) is 5.96 Å². The SMILES string of the molecule is COc1cccc(C2(CN=C(N)NCCc3ccccn3)CCCC2)c1.I. The monoisotopic (exact) mass is 480 g/mol. The molecular weight excluding hydrogens is 451 g/mol. The molecule has 2 aromatic rings. The van der Waals surface area contributed by atoms with Crippen LogP contribution in [-0.2, 0) is 11.8 Å². The minimum Gasteiger partial charge on any atom is -0.497 e. The summed E-state index contributed by atoms with van der Waals surface area (Å²) in [5, 5.41) is 3.21. The van der Waals surface area contributed by atoms with Crippen molar-refractivity contribution < 1.29 is 4.74 Å². The second kappa shape index (κ2) is 10.5. The molecular formula is C21H29IN4O. The van der Waals surface area contributed by atoms with Crippen molar-refractivity contribution >= 4 is 29.9 Å². The van der Waals surface area contributed by atoms with Crippen molar-refractivity contribution in [2.75, 3.05) is 20.2 Å². The summed E-state index contributed by atoms with van der Waals surface area (Å²) in [6.07, 6.45) is 7.40. The second-order valence-electron chi connectivity index (χ2n) is 6.92. The topological polar surface area (TPSA) is 72.5 Å². The van der Waals surface area contributed by atoms with Crippen LogP contribution in [0.15, 0.2) is 53.7 Å². The lowest BCUT2D eigenvalue weighted by atomic mass is 9.79. The average molecular weight is 480 g/mol. The molecule has 1 heterocycles. The highest BCUT2D eigenvalue weighted by molar-refractivity contribution is 14.0. The Kier molecular flexibility index (Phi) is 8.34. The number of benzene rings is 1. The summed E-state index contributed by atoms with van der Waals surface area (Å²) in [5.74, 6) is 1.41. The third kappa shape index (κ3) is 5.82. The Labute approximate surface area is 178 Å². The van der Waals surface area contributed by atoms with Crippen molar-refractivity contribution in [3.05, 3.63) is 59.9 Å². The van der Waals surface area contributed by atoms with E-state index in [2.05, 4.69) is 33.5 Å². The maximum atomic E-state index is 6.10. The van der Waals surface area contributed by atoms with E-state index in [9.17, 15) is 0 Å². The number of hydrogen-bond acceptors (Lipinski definition) is 3. The molecule has 1 saturated carbocycles. The van der Waals surface area contributed by atoms with E-state index in [1.165, 1.54) is 18.4 Å². The number of ether oxygens (including phenoxy) is 1. The van der Waals surface area contributed by atoms with Crippen LogP contribution in [0.25, 0.3) is 0 Å². The number of guanidine groups is 1. The Morgan fingerprint density at radius 2 is 2.04 bits per heavy atom. The molecule has 0 spiro atoms. The van der Waals surface area contributed by atoms with Gasteiger partial charge >= 0.3 is 0 Å². The summed E-state index contributed by atoms with van der Waals surface area (Å²) < 4.78 is 5.40. The fourth-order valence-electron chi connectivity index (χ4n) is 3.70. The molecule has 3 rings (SSSR count). The number of hydrogen-bond donors (Lipinski definition) is 2. The zero-order valence-corrected chi connectivity index (χ0v) is 18.2. The molecule has 1 aliphatic rings. The van der Waals surface area contributed by atoms with E-state index in [4.69, 9.17) is 10.5 Å². The van der Waals surface area contributed by atoms with Crippen molar-refractivity contribution in [3.63, 3.8) is 0 Å². The van der Waals surface area contributed by atoms with E-state index in [-0.39, 0.29) is 29.4 Å². The Morgan fingerprint density at radius 1 is 1.22 bits per heavy atom. The van der Waals surface area contributed by atoms with Gasteiger partial charge in [0.1, 0.15) is 5.75 Å². The van der Waals surface area contributed by atoms with Gasteiger partial charge in [-0.2, -0.15) is 0 Å². The van der Waals surface area contributed by atoms with Gasteiger partial charge in [-0.1, -0.05) is 31.0 Å². The van der Waals surface area contributed by atoms with Gasteiger partial charge in [0.05, 0.1) is 13.7 Å². The average Bonchev–Trinajstić information content (AvgIpc) is 3.17. The highest BCUT2D eigenvalue weighted by Crippen LogP contribution is 2.42. The van der Waals surface area contributed by atoms with Gasteiger partial charge < -0.3 is 15.8 Å². The normalized spacial score (nSPS) is 15.8. The molecule has 0 bridgehead atoms. The fraction of sp³-hybridized carbons (Fsp3) is 0.429. The number of rotatable bonds is 7. The first-order valence-corrected chi connectivity index (χ1v) is 9.30. The van der Waals surface area contributed by atoms with E-state index >= 15 is 0 Å². The van der Waals surface area contributed by atoms with Gasteiger partial charge in [-0.25, -0.2) is 0 Å². The molecule has 0 aliphatic heterocycles. The number of methoxy groups -OCH3 is 1. The van der Waals surface area contributed by atoms with Gasteiger partial charge in [-0.3, -0.25) is 9.98 Å². The molecule has 0 amide bonds. The summed E-state index contributed by atoms with van der Waals surface area (Å²) in [6, 6.07) is 14.3. The maximum absolute atomic E-state index is 6.10. The van der Waals surface area contributed by atoms with Crippen LogP contribution in [0.5, 0.6) is 5.75 Å². The van der Waals surface area contributed by atoms with E-state index in [1.807, 2.05) is 30.5 Å². The summed E-state index contributed by atoms with van der Waals surface area (Å²) >= 11 is 0. The smallest absolute Gasteiger partial charge is 0.188 e. The number of aliphatic imine (C=N–C) groups is 1. The lowest BCUT2D eigenvalue weighted by Crippen LogP contribution is -2.35. The highest BCUT2D eigenvalue weighted by Gasteiger charge is 2.35. The molecule has 27 heavy (non-hydrogen) atoms. The zero-order chi connectivity index (χ0) is 18.2. The Bertz CT molecular complexity index is 730.